The molecule has 0 saturated carbocycles. The van der Waals surface area contributed by atoms with Gasteiger partial charge in [0.05, 0.1) is 0 Å². The van der Waals surface area contributed by atoms with Crippen LogP contribution in [0, 0.1) is 0 Å². The van der Waals surface area contributed by atoms with Gasteiger partial charge in [-0.1, -0.05) is 121 Å². The van der Waals surface area contributed by atoms with Crippen molar-refractivity contribution in [1.29, 1.82) is 0 Å². The summed E-state index contributed by atoms with van der Waals surface area (Å²) >= 11 is 0. The average molecular weight is 467 g/mol. The van der Waals surface area contributed by atoms with E-state index < -0.39 is 0 Å². The molecule has 6 rings (SSSR count). The minimum atomic E-state index is -0.196. The van der Waals surface area contributed by atoms with Gasteiger partial charge in [-0.25, -0.2) is 9.98 Å². The molecule has 0 fully saturated rings. The topological polar surface area (TPSA) is 48.8 Å². The van der Waals surface area contributed by atoms with Crippen LogP contribution in [0.5, 0.6) is 0 Å². The number of hydrogen-bond acceptors (Lipinski definition) is 4. The third-order valence-corrected chi connectivity index (χ3v) is 6.39. The van der Waals surface area contributed by atoms with Gasteiger partial charge >= 0.3 is 0 Å². The van der Waals surface area contributed by atoms with Gasteiger partial charge in [0.25, 0.3) is 0 Å². The summed E-state index contributed by atoms with van der Waals surface area (Å²) < 4.78 is 0. The molecule has 4 aromatic carbocycles. The maximum absolute atomic E-state index is 4.96. The first-order valence-corrected chi connectivity index (χ1v) is 12.2. The number of allylic oxidation sites excluding steroid dienone is 2. The summed E-state index contributed by atoms with van der Waals surface area (Å²) in [5.74, 6) is 1.56. The van der Waals surface area contributed by atoms with E-state index in [1.165, 1.54) is 11.1 Å². The molecule has 1 unspecified atom stereocenters. The van der Waals surface area contributed by atoms with Crippen molar-refractivity contribution in [2.45, 2.75) is 6.17 Å². The van der Waals surface area contributed by atoms with Crippen molar-refractivity contribution in [3.8, 4) is 11.1 Å². The summed E-state index contributed by atoms with van der Waals surface area (Å²) in [6.45, 7) is 0.869. The molecule has 174 valence electrons. The second-order valence-corrected chi connectivity index (χ2v) is 8.78. The van der Waals surface area contributed by atoms with Crippen LogP contribution in [0.2, 0.25) is 0 Å². The lowest BCUT2D eigenvalue weighted by Crippen LogP contribution is -2.33. The van der Waals surface area contributed by atoms with E-state index in [0.717, 1.165) is 46.2 Å². The van der Waals surface area contributed by atoms with Gasteiger partial charge in [0.15, 0.2) is 5.84 Å². The highest BCUT2D eigenvalue weighted by molar-refractivity contribution is 6.13. The van der Waals surface area contributed by atoms with Gasteiger partial charge in [-0.3, -0.25) is 0 Å². The number of dihydropyridines is 1. The number of aliphatic imine (C=N–C) groups is 2. The van der Waals surface area contributed by atoms with Crippen LogP contribution >= 0.6 is 0 Å². The second-order valence-electron chi connectivity index (χ2n) is 8.78. The zero-order chi connectivity index (χ0) is 24.2. The van der Waals surface area contributed by atoms with Crippen LogP contribution in [0.3, 0.4) is 0 Å². The molecule has 2 aliphatic rings. The predicted octanol–water partition coefficient (Wildman–Crippen LogP) is 6.35. The van der Waals surface area contributed by atoms with E-state index in [1.807, 2.05) is 36.4 Å². The first kappa shape index (κ1) is 21.8. The minimum Gasteiger partial charge on any atom is -0.381 e. The summed E-state index contributed by atoms with van der Waals surface area (Å²) in [4.78, 5) is 9.86. The SMILES string of the molecule is C1=CCNC(c2ccc(-c3ccc(C4=NC(c5ccccc5)NC(c5ccccc5)=N4)cc3)cc2)=C1. The van der Waals surface area contributed by atoms with Gasteiger partial charge in [0, 0.05) is 23.4 Å². The fourth-order valence-corrected chi connectivity index (χ4v) is 4.44. The molecule has 0 aromatic heterocycles. The Balaban J connectivity index is 1.30. The Kier molecular flexibility index (Phi) is 5.99. The molecule has 2 N–H and O–H groups in total. The molecule has 0 bridgehead atoms. The lowest BCUT2D eigenvalue weighted by atomic mass is 10.0. The van der Waals surface area contributed by atoms with E-state index in [1.54, 1.807) is 0 Å². The summed E-state index contributed by atoms with van der Waals surface area (Å²) in [7, 11) is 0. The number of hydrogen-bond donors (Lipinski definition) is 2. The highest BCUT2D eigenvalue weighted by atomic mass is 15.2. The molecule has 4 aromatic rings. The minimum absolute atomic E-state index is 0.196. The van der Waals surface area contributed by atoms with Crippen molar-refractivity contribution < 1.29 is 0 Å². The maximum Gasteiger partial charge on any atom is 0.159 e. The molecule has 0 saturated heterocycles. The molecule has 1 atom stereocenters. The summed E-state index contributed by atoms with van der Waals surface area (Å²) in [5.41, 5.74) is 7.84. The molecule has 0 aliphatic carbocycles. The van der Waals surface area contributed by atoms with Crippen molar-refractivity contribution >= 4 is 17.4 Å². The molecule has 2 aliphatic heterocycles. The quantitative estimate of drug-likeness (QED) is 0.360. The first-order valence-electron chi connectivity index (χ1n) is 12.2. The molecule has 2 heterocycles. The molecular weight excluding hydrogens is 440 g/mol. The highest BCUT2D eigenvalue weighted by Crippen LogP contribution is 2.25. The van der Waals surface area contributed by atoms with Gasteiger partial charge in [-0.15, -0.1) is 0 Å². The van der Waals surface area contributed by atoms with E-state index in [2.05, 4.69) is 102 Å². The Morgan fingerprint density at radius 2 is 1.22 bits per heavy atom. The van der Waals surface area contributed by atoms with E-state index in [4.69, 9.17) is 9.98 Å². The van der Waals surface area contributed by atoms with Gasteiger partial charge < -0.3 is 10.6 Å². The first-order chi connectivity index (χ1) is 17.8. The Morgan fingerprint density at radius 3 is 1.86 bits per heavy atom. The largest absolute Gasteiger partial charge is 0.381 e. The second kappa shape index (κ2) is 9.88. The van der Waals surface area contributed by atoms with E-state index in [-0.39, 0.29) is 6.17 Å². The average Bonchev–Trinajstić information content (AvgIpc) is 2.98. The molecule has 0 amide bonds. The van der Waals surface area contributed by atoms with Crippen molar-refractivity contribution in [1.82, 2.24) is 10.6 Å². The predicted molar refractivity (Wildman–Crippen MR) is 149 cm³/mol. The van der Waals surface area contributed by atoms with E-state index >= 15 is 0 Å². The van der Waals surface area contributed by atoms with Crippen molar-refractivity contribution in [2.75, 3.05) is 6.54 Å². The van der Waals surface area contributed by atoms with Gasteiger partial charge in [0.2, 0.25) is 0 Å². The normalized spacial score (nSPS) is 16.8. The fourth-order valence-electron chi connectivity index (χ4n) is 4.44. The Bertz CT molecular complexity index is 1460. The lowest BCUT2D eigenvalue weighted by molar-refractivity contribution is 0.674. The number of benzene rings is 4. The smallest absolute Gasteiger partial charge is 0.159 e. The monoisotopic (exact) mass is 466 g/mol. The summed E-state index contributed by atoms with van der Waals surface area (Å²) in [6, 6.07) is 37.7. The third-order valence-electron chi connectivity index (χ3n) is 6.39. The van der Waals surface area contributed by atoms with Crippen LogP contribution in [0.1, 0.15) is 28.4 Å². The Hall–Kier alpha value is -4.70. The molecule has 0 radical (unpaired) electrons. The van der Waals surface area contributed by atoms with Crippen LogP contribution in [0.15, 0.2) is 137 Å². The molecule has 36 heavy (non-hydrogen) atoms. The lowest BCUT2D eigenvalue weighted by Gasteiger charge is -2.23. The van der Waals surface area contributed by atoms with Gasteiger partial charge in [-0.2, -0.15) is 0 Å². The van der Waals surface area contributed by atoms with Crippen molar-refractivity contribution in [3.05, 3.63) is 150 Å². The van der Waals surface area contributed by atoms with Crippen LogP contribution in [-0.2, 0) is 0 Å². The number of rotatable bonds is 5. The Labute approximate surface area is 211 Å². The van der Waals surface area contributed by atoms with Crippen LogP contribution in [0.4, 0.5) is 0 Å². The standard InChI is InChI=1S/C32H26N4/c1-3-9-26(10-4-1)30-34-31(27-11-5-2-6-12-27)36-32(35-30)28-20-16-24(17-21-28)23-14-18-25(19-15-23)29-13-7-8-22-33-29/h1-21,30,33H,22H2,(H,34,35,36). The van der Waals surface area contributed by atoms with Crippen molar-refractivity contribution in [2.24, 2.45) is 9.98 Å². The van der Waals surface area contributed by atoms with Crippen LogP contribution < -0.4 is 10.6 Å². The fraction of sp³-hybridized carbons (Fsp3) is 0.0625. The van der Waals surface area contributed by atoms with E-state index in [9.17, 15) is 0 Å². The number of nitrogens with one attached hydrogen (secondary N) is 2. The molecule has 0 spiro atoms. The molecular formula is C32H26N4. The van der Waals surface area contributed by atoms with Crippen LogP contribution in [0.25, 0.3) is 16.8 Å². The van der Waals surface area contributed by atoms with Gasteiger partial charge in [0.1, 0.15) is 12.0 Å². The Morgan fingerprint density at radius 1 is 0.611 bits per heavy atom. The number of amidine groups is 2. The highest BCUT2D eigenvalue weighted by Gasteiger charge is 2.20. The zero-order valence-corrected chi connectivity index (χ0v) is 19.8. The zero-order valence-electron chi connectivity index (χ0n) is 19.8. The van der Waals surface area contributed by atoms with Crippen molar-refractivity contribution in [3.63, 3.8) is 0 Å². The molecule has 4 heteroatoms. The summed E-state index contributed by atoms with van der Waals surface area (Å²) in [6.07, 6.45) is 6.12. The maximum atomic E-state index is 4.96. The summed E-state index contributed by atoms with van der Waals surface area (Å²) in [5, 5.41) is 6.92. The number of nitrogens with zero attached hydrogens (tertiary/aromatic N) is 2. The van der Waals surface area contributed by atoms with E-state index in [0.29, 0.717) is 0 Å². The molecule has 4 nitrogen and oxygen atoms in total. The third kappa shape index (κ3) is 4.62. The van der Waals surface area contributed by atoms with Gasteiger partial charge in [-0.05, 0) is 28.3 Å². The van der Waals surface area contributed by atoms with Crippen LogP contribution in [-0.4, -0.2) is 18.2 Å².